The van der Waals surface area contributed by atoms with E-state index < -0.39 is 0 Å². The number of likely N-dealkylation sites (tertiary alicyclic amines) is 1. The van der Waals surface area contributed by atoms with Gasteiger partial charge in [0.15, 0.2) is 11.5 Å². The van der Waals surface area contributed by atoms with E-state index in [1.54, 1.807) is 0 Å². The predicted octanol–water partition coefficient (Wildman–Crippen LogP) is 2.71. The molecule has 0 spiro atoms. The highest BCUT2D eigenvalue weighted by molar-refractivity contribution is 8.23. The molecule has 1 fully saturated rings. The number of ether oxygens (including phenoxy) is 2. The number of amides is 1. The van der Waals surface area contributed by atoms with Gasteiger partial charge < -0.3 is 19.7 Å². The molecule has 0 saturated carbocycles. The van der Waals surface area contributed by atoms with Gasteiger partial charge in [-0.1, -0.05) is 30.0 Å². The molecule has 1 atom stereocenters. The Morgan fingerprint density at radius 3 is 2.87 bits per heavy atom. The summed E-state index contributed by atoms with van der Waals surface area (Å²) in [6, 6.07) is 5.64. The lowest BCUT2D eigenvalue weighted by Crippen LogP contribution is -2.30. The van der Waals surface area contributed by atoms with Crippen molar-refractivity contribution in [3.8, 4) is 11.5 Å². The fraction of sp³-hybridized carbons (Fsp3) is 0.500. The molecule has 2 heterocycles. The number of thioether (sulfide) groups is 1. The Morgan fingerprint density at radius 1 is 1.35 bits per heavy atom. The van der Waals surface area contributed by atoms with Gasteiger partial charge in [0.2, 0.25) is 12.7 Å². The number of carbonyl (C=O) groups excluding carboxylic acids is 1. The van der Waals surface area contributed by atoms with Crippen molar-refractivity contribution < 1.29 is 14.3 Å². The summed E-state index contributed by atoms with van der Waals surface area (Å²) >= 11 is 6.81. The molecule has 23 heavy (non-hydrogen) atoms. The van der Waals surface area contributed by atoms with Crippen molar-refractivity contribution in [2.45, 2.75) is 25.8 Å². The first-order chi connectivity index (χ1) is 11.1. The lowest BCUT2D eigenvalue weighted by Gasteiger charge is -2.18. The van der Waals surface area contributed by atoms with E-state index in [1.807, 2.05) is 25.1 Å². The number of nitrogens with one attached hydrogen (secondary N) is 1. The van der Waals surface area contributed by atoms with Crippen LogP contribution in [0.3, 0.4) is 0 Å². The van der Waals surface area contributed by atoms with Crippen LogP contribution in [0.25, 0.3) is 0 Å². The summed E-state index contributed by atoms with van der Waals surface area (Å²) in [6.45, 7) is 4.24. The first-order valence-electron chi connectivity index (χ1n) is 7.74. The summed E-state index contributed by atoms with van der Waals surface area (Å²) < 4.78 is 11.5. The van der Waals surface area contributed by atoms with E-state index in [0.29, 0.717) is 5.75 Å². The predicted molar refractivity (Wildman–Crippen MR) is 95.0 cm³/mol. The molecule has 2 aliphatic heterocycles. The third-order valence-corrected chi connectivity index (χ3v) is 5.49. The van der Waals surface area contributed by atoms with Gasteiger partial charge >= 0.3 is 0 Å². The summed E-state index contributed by atoms with van der Waals surface area (Å²) in [6.07, 6.45) is 2.38. The second kappa shape index (κ2) is 7.40. The fourth-order valence-electron chi connectivity index (χ4n) is 2.67. The van der Waals surface area contributed by atoms with Crippen LogP contribution in [0, 0.1) is 0 Å². The van der Waals surface area contributed by atoms with Crippen LogP contribution >= 0.6 is 24.0 Å². The van der Waals surface area contributed by atoms with Crippen molar-refractivity contribution in [1.82, 2.24) is 10.2 Å². The van der Waals surface area contributed by atoms with Gasteiger partial charge in [0.05, 0.1) is 11.8 Å². The highest BCUT2D eigenvalue weighted by Gasteiger charge is 2.19. The smallest absolute Gasteiger partial charge is 0.231 e. The van der Waals surface area contributed by atoms with Gasteiger partial charge in [-0.3, -0.25) is 4.79 Å². The molecule has 0 unspecified atom stereocenters. The molecule has 0 radical (unpaired) electrons. The van der Waals surface area contributed by atoms with Crippen molar-refractivity contribution in [3.63, 3.8) is 0 Å². The quantitative estimate of drug-likeness (QED) is 0.841. The Hall–Kier alpha value is -1.47. The molecule has 7 heteroatoms. The second-order valence-corrected chi connectivity index (χ2v) is 7.26. The number of carbonyl (C=O) groups is 1. The third kappa shape index (κ3) is 4.09. The Bertz CT molecular complexity index is 603. The maximum absolute atomic E-state index is 12.1. The SMILES string of the molecule is C[C@H](NC(=O)CSC(=S)N1CCCC1)c1ccc2c(c1)OCO2. The largest absolute Gasteiger partial charge is 0.454 e. The molecule has 3 rings (SSSR count). The molecule has 0 aromatic heterocycles. The average molecular weight is 352 g/mol. The van der Waals surface area contributed by atoms with Gasteiger partial charge in [-0.15, -0.1) is 0 Å². The second-order valence-electron chi connectivity index (χ2n) is 5.65. The number of hydrogen-bond acceptors (Lipinski definition) is 5. The monoisotopic (exact) mass is 352 g/mol. The van der Waals surface area contributed by atoms with Gasteiger partial charge in [-0.05, 0) is 37.5 Å². The molecule has 0 bridgehead atoms. The number of nitrogens with zero attached hydrogens (tertiary/aromatic N) is 1. The van der Waals surface area contributed by atoms with Crippen molar-refractivity contribution in [2.75, 3.05) is 25.6 Å². The molecule has 1 N–H and O–H groups in total. The van der Waals surface area contributed by atoms with E-state index in [-0.39, 0.29) is 18.7 Å². The molecule has 5 nitrogen and oxygen atoms in total. The Labute approximate surface area is 145 Å². The zero-order chi connectivity index (χ0) is 16.2. The Balaban J connectivity index is 1.48. The van der Waals surface area contributed by atoms with E-state index in [9.17, 15) is 4.79 Å². The number of thiocarbonyl (C=S) groups is 1. The summed E-state index contributed by atoms with van der Waals surface area (Å²) in [5.41, 5.74) is 0.995. The number of fused-ring (bicyclic) bond motifs is 1. The first kappa shape index (κ1) is 16.4. The van der Waals surface area contributed by atoms with E-state index in [1.165, 1.54) is 24.6 Å². The van der Waals surface area contributed by atoms with E-state index in [2.05, 4.69) is 10.2 Å². The van der Waals surface area contributed by atoms with Crippen molar-refractivity contribution >= 4 is 34.2 Å². The Kier molecular flexibility index (Phi) is 5.27. The lowest BCUT2D eigenvalue weighted by atomic mass is 10.1. The minimum Gasteiger partial charge on any atom is -0.454 e. The van der Waals surface area contributed by atoms with Crippen LogP contribution in [0.1, 0.15) is 31.4 Å². The zero-order valence-electron chi connectivity index (χ0n) is 13.0. The highest BCUT2D eigenvalue weighted by Crippen LogP contribution is 2.34. The maximum Gasteiger partial charge on any atom is 0.231 e. The maximum atomic E-state index is 12.1. The highest BCUT2D eigenvalue weighted by atomic mass is 32.2. The molecular formula is C16H20N2O3S2. The summed E-state index contributed by atoms with van der Waals surface area (Å²) in [5.74, 6) is 1.82. The van der Waals surface area contributed by atoms with Gasteiger partial charge in [0, 0.05) is 13.1 Å². The lowest BCUT2D eigenvalue weighted by molar-refractivity contribution is -0.119. The summed E-state index contributed by atoms with van der Waals surface area (Å²) in [5, 5.41) is 3.00. The number of rotatable bonds is 4. The van der Waals surface area contributed by atoms with Crippen molar-refractivity contribution in [1.29, 1.82) is 0 Å². The fourth-order valence-corrected chi connectivity index (χ4v) is 3.73. The molecule has 1 amide bonds. The van der Waals surface area contributed by atoms with Gasteiger partial charge in [0.25, 0.3) is 0 Å². The normalized spacial score (nSPS) is 17.2. The zero-order valence-corrected chi connectivity index (χ0v) is 14.7. The molecule has 1 aromatic carbocycles. The van der Waals surface area contributed by atoms with Crippen LogP contribution < -0.4 is 14.8 Å². The van der Waals surface area contributed by atoms with Crippen molar-refractivity contribution in [3.05, 3.63) is 23.8 Å². The molecule has 2 aliphatic rings. The van der Waals surface area contributed by atoms with Gasteiger partial charge in [-0.25, -0.2) is 0 Å². The van der Waals surface area contributed by atoms with E-state index in [0.717, 1.165) is 34.5 Å². The molecule has 1 saturated heterocycles. The van der Waals surface area contributed by atoms with Crippen LogP contribution in [0.4, 0.5) is 0 Å². The first-order valence-corrected chi connectivity index (χ1v) is 9.13. The number of hydrogen-bond donors (Lipinski definition) is 1. The van der Waals surface area contributed by atoms with E-state index in [4.69, 9.17) is 21.7 Å². The van der Waals surface area contributed by atoms with Crippen LogP contribution in [-0.4, -0.2) is 40.8 Å². The molecule has 1 aromatic rings. The molecule has 124 valence electrons. The topological polar surface area (TPSA) is 50.8 Å². The minimum absolute atomic E-state index is 0.0123. The van der Waals surface area contributed by atoms with Crippen LogP contribution in [0.15, 0.2) is 18.2 Å². The molecular weight excluding hydrogens is 332 g/mol. The van der Waals surface area contributed by atoms with Gasteiger partial charge in [-0.2, -0.15) is 0 Å². The number of benzene rings is 1. The van der Waals surface area contributed by atoms with Crippen LogP contribution in [0.5, 0.6) is 11.5 Å². The minimum atomic E-state index is -0.0852. The third-order valence-electron chi connectivity index (χ3n) is 3.97. The van der Waals surface area contributed by atoms with Gasteiger partial charge in [0.1, 0.15) is 4.32 Å². The average Bonchev–Trinajstić information content (AvgIpc) is 3.22. The summed E-state index contributed by atoms with van der Waals surface area (Å²) in [7, 11) is 0. The standard InChI is InChI=1S/C16H20N2O3S2/c1-11(12-4-5-13-14(8-12)21-10-20-13)17-15(19)9-23-16(22)18-6-2-3-7-18/h4-5,8,11H,2-3,6-7,9-10H2,1H3,(H,17,19)/t11-/m0/s1. The van der Waals surface area contributed by atoms with Crippen LogP contribution in [-0.2, 0) is 4.79 Å². The summed E-state index contributed by atoms with van der Waals surface area (Å²) in [4.78, 5) is 14.3. The Morgan fingerprint density at radius 2 is 2.09 bits per heavy atom. The van der Waals surface area contributed by atoms with Crippen LogP contribution in [0.2, 0.25) is 0 Å². The van der Waals surface area contributed by atoms with Crippen molar-refractivity contribution in [2.24, 2.45) is 0 Å². The molecule has 0 aliphatic carbocycles. The van der Waals surface area contributed by atoms with E-state index >= 15 is 0 Å².